The average Bonchev–Trinajstić information content (AvgIpc) is 2.96. The summed E-state index contributed by atoms with van der Waals surface area (Å²) < 4.78 is 2.33. The first kappa shape index (κ1) is 12.9. The van der Waals surface area contributed by atoms with E-state index < -0.39 is 0 Å². The number of para-hydroxylation sites is 1. The predicted molar refractivity (Wildman–Crippen MR) is 91.8 cm³/mol. The maximum atomic E-state index is 3.09. The number of hydrogen-bond donors (Lipinski definition) is 0. The number of hydrogen-bond acceptors (Lipinski definition) is 0. The average molecular weight is 282 g/mol. The third kappa shape index (κ3) is 2.31. The van der Waals surface area contributed by atoms with Gasteiger partial charge in [-0.3, -0.25) is 0 Å². The van der Waals surface area contributed by atoms with Crippen LogP contribution >= 0.6 is 0 Å². The van der Waals surface area contributed by atoms with Crippen molar-refractivity contribution in [3.05, 3.63) is 96.7 Å². The van der Waals surface area contributed by atoms with Gasteiger partial charge in [-0.05, 0) is 23.3 Å². The molecule has 1 heteroatoms. The molecule has 0 unspecified atom stereocenters. The van der Waals surface area contributed by atoms with Crippen LogP contribution in [0.25, 0.3) is 22.0 Å². The van der Waals surface area contributed by atoms with Gasteiger partial charge < -0.3 is 4.57 Å². The number of benzene rings is 3. The van der Waals surface area contributed by atoms with Crippen molar-refractivity contribution in [3.8, 4) is 11.1 Å². The lowest BCUT2D eigenvalue weighted by Gasteiger charge is -2.05. The van der Waals surface area contributed by atoms with Crippen LogP contribution in [0.1, 0.15) is 5.56 Å². The second-order valence-electron chi connectivity index (χ2n) is 5.46. The molecular weight excluding hydrogens is 266 g/mol. The third-order valence-electron chi connectivity index (χ3n) is 4.01. The standard InChI is InChI=1S/C21H16N/c1-3-9-17(10-4-1)15-22-16-20(18-11-5-2-6-12-18)19-13-7-8-14-21(19)22/h1,3-14,16H,15H2. The molecule has 0 amide bonds. The topological polar surface area (TPSA) is 4.93 Å². The van der Waals surface area contributed by atoms with Crippen molar-refractivity contribution in [1.29, 1.82) is 0 Å². The molecule has 0 atom stereocenters. The minimum absolute atomic E-state index is 0.889. The second kappa shape index (κ2) is 5.53. The van der Waals surface area contributed by atoms with E-state index in [2.05, 4.69) is 83.6 Å². The molecule has 0 aliphatic carbocycles. The highest BCUT2D eigenvalue weighted by Crippen LogP contribution is 2.30. The summed E-state index contributed by atoms with van der Waals surface area (Å²) in [5.41, 5.74) is 5.10. The van der Waals surface area contributed by atoms with Gasteiger partial charge in [0.05, 0.1) is 0 Å². The lowest BCUT2D eigenvalue weighted by molar-refractivity contribution is 0.837. The molecule has 1 nitrogen and oxygen atoms in total. The second-order valence-corrected chi connectivity index (χ2v) is 5.46. The Morgan fingerprint density at radius 2 is 1.50 bits per heavy atom. The van der Waals surface area contributed by atoms with Crippen LogP contribution in [0, 0.1) is 6.07 Å². The van der Waals surface area contributed by atoms with Crippen molar-refractivity contribution in [2.75, 3.05) is 0 Å². The van der Waals surface area contributed by atoms with Crippen molar-refractivity contribution in [2.45, 2.75) is 6.54 Å². The van der Waals surface area contributed by atoms with Crippen LogP contribution in [0.2, 0.25) is 0 Å². The van der Waals surface area contributed by atoms with E-state index in [9.17, 15) is 0 Å². The van der Waals surface area contributed by atoms with E-state index in [-0.39, 0.29) is 0 Å². The smallest absolute Gasteiger partial charge is 0.0489 e. The summed E-state index contributed by atoms with van der Waals surface area (Å²) in [5, 5.41) is 1.30. The highest BCUT2D eigenvalue weighted by Gasteiger charge is 2.09. The minimum Gasteiger partial charge on any atom is -0.342 e. The maximum absolute atomic E-state index is 3.09. The Morgan fingerprint density at radius 3 is 2.32 bits per heavy atom. The van der Waals surface area contributed by atoms with E-state index in [1.54, 1.807) is 0 Å². The van der Waals surface area contributed by atoms with E-state index in [1.165, 1.54) is 27.6 Å². The Balaban J connectivity index is 1.86. The summed E-state index contributed by atoms with van der Waals surface area (Å²) in [6.45, 7) is 0.889. The molecule has 0 fully saturated rings. The number of nitrogens with zero attached hydrogens (tertiary/aromatic N) is 1. The summed E-state index contributed by atoms with van der Waals surface area (Å²) in [5.74, 6) is 0. The molecule has 4 aromatic rings. The Labute approximate surface area is 130 Å². The first-order valence-corrected chi connectivity index (χ1v) is 7.50. The number of rotatable bonds is 3. The minimum atomic E-state index is 0.889. The summed E-state index contributed by atoms with van der Waals surface area (Å²) in [7, 11) is 0. The van der Waals surface area contributed by atoms with Crippen LogP contribution in [-0.4, -0.2) is 4.57 Å². The Kier molecular flexibility index (Phi) is 3.24. The van der Waals surface area contributed by atoms with Crippen molar-refractivity contribution < 1.29 is 0 Å². The molecule has 0 saturated heterocycles. The Bertz CT molecular complexity index is 889. The summed E-state index contributed by atoms with van der Waals surface area (Å²) in [4.78, 5) is 0. The van der Waals surface area contributed by atoms with E-state index >= 15 is 0 Å². The van der Waals surface area contributed by atoms with Crippen LogP contribution in [-0.2, 0) is 6.54 Å². The van der Waals surface area contributed by atoms with Crippen molar-refractivity contribution in [1.82, 2.24) is 4.57 Å². The maximum Gasteiger partial charge on any atom is 0.0489 e. The van der Waals surface area contributed by atoms with Gasteiger partial charge >= 0.3 is 0 Å². The first-order chi connectivity index (χ1) is 10.9. The van der Waals surface area contributed by atoms with Gasteiger partial charge in [0.15, 0.2) is 0 Å². The summed E-state index contributed by atoms with van der Waals surface area (Å²) >= 11 is 0. The Hall–Kier alpha value is -2.80. The quantitative estimate of drug-likeness (QED) is 0.489. The van der Waals surface area contributed by atoms with E-state index in [4.69, 9.17) is 0 Å². The normalized spacial score (nSPS) is 10.9. The van der Waals surface area contributed by atoms with Crippen LogP contribution < -0.4 is 0 Å². The molecule has 0 aliphatic heterocycles. The molecule has 3 aromatic carbocycles. The zero-order valence-electron chi connectivity index (χ0n) is 12.2. The highest BCUT2D eigenvalue weighted by molar-refractivity contribution is 5.96. The molecule has 0 aliphatic rings. The number of aromatic nitrogens is 1. The zero-order valence-corrected chi connectivity index (χ0v) is 12.2. The highest BCUT2D eigenvalue weighted by atomic mass is 15.0. The van der Waals surface area contributed by atoms with Crippen LogP contribution in [0.15, 0.2) is 85.1 Å². The molecule has 4 rings (SSSR count). The van der Waals surface area contributed by atoms with E-state index in [1.807, 2.05) is 12.1 Å². The van der Waals surface area contributed by atoms with Gasteiger partial charge in [0.25, 0.3) is 0 Å². The Morgan fingerprint density at radius 1 is 0.773 bits per heavy atom. The van der Waals surface area contributed by atoms with Gasteiger partial charge in [0.1, 0.15) is 0 Å². The molecule has 22 heavy (non-hydrogen) atoms. The molecule has 0 bridgehead atoms. The molecule has 1 heterocycles. The molecule has 0 saturated carbocycles. The van der Waals surface area contributed by atoms with E-state index in [0.29, 0.717) is 0 Å². The first-order valence-electron chi connectivity index (χ1n) is 7.50. The zero-order chi connectivity index (χ0) is 14.8. The van der Waals surface area contributed by atoms with Gasteiger partial charge in [-0.25, -0.2) is 0 Å². The fourth-order valence-electron chi connectivity index (χ4n) is 2.95. The summed E-state index contributed by atoms with van der Waals surface area (Å²) in [6.07, 6.45) is 2.26. The molecule has 0 N–H and O–H groups in total. The summed E-state index contributed by atoms with van der Waals surface area (Å²) in [6, 6.07) is 30.5. The molecule has 105 valence electrons. The molecule has 0 spiro atoms. The van der Waals surface area contributed by atoms with Gasteiger partial charge in [-0.15, -0.1) is 0 Å². The third-order valence-corrected chi connectivity index (χ3v) is 4.01. The monoisotopic (exact) mass is 282 g/mol. The molecular formula is C21H16N. The van der Waals surface area contributed by atoms with Gasteiger partial charge in [-0.2, -0.15) is 0 Å². The predicted octanol–water partition coefficient (Wildman–Crippen LogP) is 5.16. The fraction of sp³-hybridized carbons (Fsp3) is 0.0476. The van der Waals surface area contributed by atoms with Gasteiger partial charge in [0, 0.05) is 29.2 Å². The van der Waals surface area contributed by atoms with Crippen LogP contribution in [0.4, 0.5) is 0 Å². The lowest BCUT2D eigenvalue weighted by atomic mass is 10.1. The van der Waals surface area contributed by atoms with Crippen molar-refractivity contribution in [3.63, 3.8) is 0 Å². The number of fused-ring (bicyclic) bond motifs is 1. The SMILES string of the molecule is [c]1ccc(-c2cn(Cc3ccccc3)c3ccccc23)cc1. The fourth-order valence-corrected chi connectivity index (χ4v) is 2.95. The van der Waals surface area contributed by atoms with Crippen LogP contribution in [0.3, 0.4) is 0 Å². The van der Waals surface area contributed by atoms with Gasteiger partial charge in [-0.1, -0.05) is 72.8 Å². The van der Waals surface area contributed by atoms with Crippen molar-refractivity contribution in [2.24, 2.45) is 0 Å². The largest absolute Gasteiger partial charge is 0.342 e. The lowest BCUT2D eigenvalue weighted by Crippen LogP contribution is -1.97. The van der Waals surface area contributed by atoms with Crippen LogP contribution in [0.5, 0.6) is 0 Å². The molecule has 1 radical (unpaired) electrons. The van der Waals surface area contributed by atoms with Crippen molar-refractivity contribution >= 4 is 10.9 Å². The molecule has 1 aromatic heterocycles. The van der Waals surface area contributed by atoms with E-state index in [0.717, 1.165) is 6.54 Å². The van der Waals surface area contributed by atoms with Gasteiger partial charge in [0.2, 0.25) is 0 Å².